The van der Waals surface area contributed by atoms with Crippen LogP contribution in [-0.4, -0.2) is 119 Å². The number of carbonyl (C=O) groups is 5. The number of hydrogen-bond acceptors (Lipinski definition) is 15. The number of amides is 3. The third kappa shape index (κ3) is 7.06. The average Bonchev–Trinajstić information content (AvgIpc) is 3.71. The van der Waals surface area contributed by atoms with Crippen molar-refractivity contribution in [2.24, 2.45) is 10.3 Å². The van der Waals surface area contributed by atoms with Crippen molar-refractivity contribution in [1.82, 2.24) is 20.1 Å². The zero-order valence-electron chi connectivity index (χ0n) is 25.5. The van der Waals surface area contributed by atoms with Gasteiger partial charge in [-0.25, -0.2) is 14.6 Å². The second-order valence-corrected chi connectivity index (χ2v) is 13.6. The van der Waals surface area contributed by atoms with Gasteiger partial charge in [0, 0.05) is 29.7 Å². The molecule has 2 unspecified atom stereocenters. The molecular formula is C28H28ClN7O11S2. The number of nitrogen functional groups attached to an aromatic ring is 1. The Balaban J connectivity index is 1.24. The number of nitrogens with zero attached hydrogens (tertiary/aromatic N) is 5. The number of thioether (sulfide) groups is 1. The zero-order chi connectivity index (χ0) is 35.8. The number of carboxylic acids is 2. The quantitative estimate of drug-likeness (QED) is 0.0814. The Morgan fingerprint density at radius 2 is 1.96 bits per heavy atom. The number of nitrogens with one attached hydrogen (secondary N) is 1. The molecule has 4 heterocycles. The van der Waals surface area contributed by atoms with E-state index in [9.17, 15) is 44.4 Å². The number of aromatic hydroxyl groups is 2. The summed E-state index contributed by atoms with van der Waals surface area (Å²) < 4.78 is 0. The molecular weight excluding hydrogens is 710 g/mol. The van der Waals surface area contributed by atoms with Gasteiger partial charge < -0.3 is 46.1 Å². The van der Waals surface area contributed by atoms with Gasteiger partial charge in [-0.15, -0.1) is 23.1 Å². The van der Waals surface area contributed by atoms with Gasteiger partial charge in [-0.05, 0) is 26.0 Å². The first-order valence-corrected chi connectivity index (χ1v) is 16.5. The van der Waals surface area contributed by atoms with Crippen LogP contribution >= 0.6 is 34.7 Å². The normalized spacial score (nSPS) is 21.0. The number of fused-ring (bicyclic) bond motifs is 1. The highest BCUT2D eigenvalue weighted by Gasteiger charge is 2.54. The molecule has 2 saturated heterocycles. The summed E-state index contributed by atoms with van der Waals surface area (Å²) in [4.78, 5) is 80.1. The third-order valence-electron chi connectivity index (χ3n) is 7.52. The summed E-state index contributed by atoms with van der Waals surface area (Å²) in [6, 6.07) is 1.27. The number of phenols is 2. The van der Waals surface area contributed by atoms with E-state index in [2.05, 4.69) is 20.6 Å². The first-order valence-electron chi connectivity index (χ1n) is 14.2. The first-order chi connectivity index (χ1) is 23.1. The van der Waals surface area contributed by atoms with Gasteiger partial charge in [0.1, 0.15) is 28.9 Å². The third-order valence-corrected chi connectivity index (χ3v) is 9.88. The predicted molar refractivity (Wildman–Crippen MR) is 174 cm³/mol. The summed E-state index contributed by atoms with van der Waals surface area (Å²) in [6.45, 7) is 2.82. The Kier molecular flexibility index (Phi) is 9.92. The monoisotopic (exact) mass is 737 g/mol. The maximum atomic E-state index is 13.3. The largest absolute Gasteiger partial charge is 0.504 e. The van der Waals surface area contributed by atoms with Crippen LogP contribution in [0, 0.1) is 0 Å². The maximum Gasteiger partial charge on any atom is 0.353 e. The van der Waals surface area contributed by atoms with Gasteiger partial charge in [0.15, 0.2) is 22.3 Å². The zero-order valence-corrected chi connectivity index (χ0v) is 27.9. The summed E-state index contributed by atoms with van der Waals surface area (Å²) >= 11 is 8.16. The van der Waals surface area contributed by atoms with Gasteiger partial charge in [-0.1, -0.05) is 21.9 Å². The molecule has 0 aliphatic carbocycles. The minimum Gasteiger partial charge on any atom is -0.504 e. The standard InChI is InChI=1S/C28H28ClN7O11S2/c1-28(2,26(44)45)47-34-17(14-10-49-27(30)32-14)21(39)33-18-23(41)36-19(25(42)43)11(9-48-24(18)36)7-31-46-12-5-6-35(8-12)22(40)13-3-4-15(37)20(38)16(13)29/h3-4,7,10,12,18,24,37-38H,5-6,8-9H2,1-2H3,(H2,30,32)(H,33,39)(H,42,43)(H,44,45)/b31-7?,34-17-/t12-,18?,24?/m0/s1. The minimum absolute atomic E-state index is 0.00771. The molecule has 49 heavy (non-hydrogen) atoms. The molecule has 3 atom stereocenters. The van der Waals surface area contributed by atoms with E-state index in [1.807, 2.05) is 0 Å². The average molecular weight is 738 g/mol. The Labute approximate surface area is 289 Å². The smallest absolute Gasteiger partial charge is 0.353 e. The van der Waals surface area contributed by atoms with Crippen LogP contribution in [0.25, 0.3) is 0 Å². The van der Waals surface area contributed by atoms with Crippen molar-refractivity contribution in [3.8, 4) is 11.5 Å². The number of likely N-dealkylation sites (tertiary alicyclic amines) is 1. The highest BCUT2D eigenvalue weighted by atomic mass is 35.5. The van der Waals surface area contributed by atoms with E-state index in [4.69, 9.17) is 27.0 Å². The maximum absolute atomic E-state index is 13.3. The highest BCUT2D eigenvalue weighted by Crippen LogP contribution is 2.40. The number of benzene rings is 1. The fourth-order valence-corrected chi connectivity index (χ4v) is 6.91. The molecule has 0 bridgehead atoms. The van der Waals surface area contributed by atoms with E-state index < -0.39 is 70.0 Å². The molecule has 3 aliphatic heterocycles. The van der Waals surface area contributed by atoms with Gasteiger partial charge in [0.05, 0.1) is 23.3 Å². The molecule has 0 saturated carbocycles. The topological polar surface area (TPSA) is 267 Å². The summed E-state index contributed by atoms with van der Waals surface area (Å²) in [5.74, 6) is -5.93. The molecule has 3 amide bonds. The number of aliphatic carboxylic acids is 2. The number of carbonyl (C=O) groups excluding carboxylic acids is 3. The molecule has 1 aromatic heterocycles. The van der Waals surface area contributed by atoms with Crippen LogP contribution in [0.1, 0.15) is 36.3 Å². The van der Waals surface area contributed by atoms with E-state index in [-0.39, 0.29) is 51.5 Å². The van der Waals surface area contributed by atoms with E-state index in [1.165, 1.54) is 36.4 Å². The van der Waals surface area contributed by atoms with Crippen LogP contribution in [-0.2, 0) is 28.9 Å². The van der Waals surface area contributed by atoms with Gasteiger partial charge in [-0.2, -0.15) is 0 Å². The number of aromatic nitrogens is 1. The number of halogens is 1. The fraction of sp³-hybridized carbons (Fsp3) is 0.357. The molecule has 2 fully saturated rings. The number of carboxylic acid groups (broad SMARTS) is 2. The molecule has 5 rings (SSSR count). The van der Waals surface area contributed by atoms with Crippen molar-refractivity contribution in [2.45, 2.75) is 43.4 Å². The number of nitrogens with two attached hydrogens (primary N) is 1. The molecule has 2 aromatic rings. The van der Waals surface area contributed by atoms with E-state index in [0.717, 1.165) is 34.1 Å². The molecule has 260 valence electrons. The molecule has 1 aromatic carbocycles. The van der Waals surface area contributed by atoms with Crippen LogP contribution in [0.15, 0.2) is 39.1 Å². The Morgan fingerprint density at radius 1 is 1.22 bits per heavy atom. The number of rotatable bonds is 11. The van der Waals surface area contributed by atoms with Gasteiger partial charge in [0.25, 0.3) is 17.7 Å². The number of β-lactam (4-membered cyclic amide) rings is 1. The lowest BCUT2D eigenvalue weighted by Crippen LogP contribution is -2.71. The highest BCUT2D eigenvalue weighted by molar-refractivity contribution is 8.00. The second kappa shape index (κ2) is 13.8. The SMILES string of the molecule is CC(C)(O/N=C(\C(=O)NC1C(=O)N2C(C(=O)O)=C(C=NO[C@H]3CCN(C(=O)c4ccc(O)c(O)c4Cl)C3)CSC12)c1csc(N)n1)C(=O)O. The van der Waals surface area contributed by atoms with E-state index in [1.54, 1.807) is 0 Å². The van der Waals surface area contributed by atoms with Gasteiger partial charge >= 0.3 is 11.9 Å². The Morgan fingerprint density at radius 3 is 2.61 bits per heavy atom. The Bertz CT molecular complexity index is 1830. The summed E-state index contributed by atoms with van der Waals surface area (Å²) in [5.41, 5.74) is 3.21. The number of oxime groups is 2. The molecule has 3 aliphatic rings. The van der Waals surface area contributed by atoms with Gasteiger partial charge in [-0.3, -0.25) is 19.3 Å². The van der Waals surface area contributed by atoms with Crippen molar-refractivity contribution in [1.29, 1.82) is 0 Å². The number of anilines is 1. The first kappa shape index (κ1) is 35.2. The van der Waals surface area contributed by atoms with Crippen LogP contribution < -0.4 is 11.1 Å². The molecule has 21 heteroatoms. The predicted octanol–water partition coefficient (Wildman–Crippen LogP) is 1.03. The lowest BCUT2D eigenvalue weighted by atomic mass is 10.0. The van der Waals surface area contributed by atoms with Crippen molar-refractivity contribution in [3.05, 3.63) is 45.1 Å². The van der Waals surface area contributed by atoms with Crippen molar-refractivity contribution < 1.29 is 54.1 Å². The van der Waals surface area contributed by atoms with Crippen LogP contribution in [0.2, 0.25) is 5.02 Å². The van der Waals surface area contributed by atoms with Crippen molar-refractivity contribution in [3.63, 3.8) is 0 Å². The Hall–Kier alpha value is -5.08. The van der Waals surface area contributed by atoms with Crippen LogP contribution in [0.5, 0.6) is 11.5 Å². The fourth-order valence-electron chi connectivity index (χ4n) is 4.82. The lowest BCUT2D eigenvalue weighted by molar-refractivity contribution is -0.161. The summed E-state index contributed by atoms with van der Waals surface area (Å²) in [5, 5.41) is 49.2. The van der Waals surface area contributed by atoms with Crippen molar-refractivity contribution in [2.75, 3.05) is 24.6 Å². The minimum atomic E-state index is -1.81. The molecule has 7 N–H and O–H groups in total. The molecule has 18 nitrogen and oxygen atoms in total. The number of phenolic OH excluding ortho intramolecular Hbond substituents is 2. The van der Waals surface area contributed by atoms with Crippen LogP contribution in [0.3, 0.4) is 0 Å². The summed E-state index contributed by atoms with van der Waals surface area (Å²) in [6.07, 6.45) is 1.00. The second-order valence-electron chi connectivity index (χ2n) is 11.3. The van der Waals surface area contributed by atoms with E-state index in [0.29, 0.717) is 6.42 Å². The number of hydrogen-bond donors (Lipinski definition) is 6. The van der Waals surface area contributed by atoms with Crippen molar-refractivity contribution >= 4 is 81.4 Å². The molecule has 0 radical (unpaired) electrons. The van der Waals surface area contributed by atoms with Gasteiger partial charge in [0.2, 0.25) is 5.60 Å². The summed E-state index contributed by atoms with van der Waals surface area (Å²) in [7, 11) is 0. The van der Waals surface area contributed by atoms with E-state index >= 15 is 0 Å². The number of thiazole rings is 1. The van der Waals surface area contributed by atoms with Crippen LogP contribution in [0.4, 0.5) is 5.13 Å². The molecule has 0 spiro atoms. The lowest BCUT2D eigenvalue weighted by Gasteiger charge is -2.49.